The molecular formula is C17H15ClN2O5. The number of benzene rings is 1. The topological polar surface area (TPSA) is 86.8 Å². The Morgan fingerprint density at radius 2 is 2.04 bits per heavy atom. The molecule has 0 saturated heterocycles. The molecule has 2 atom stereocenters. The Kier molecular flexibility index (Phi) is 5.04. The summed E-state index contributed by atoms with van der Waals surface area (Å²) < 4.78 is 16.2. The number of rotatable bonds is 4. The number of para-hydroxylation sites is 2. The van der Waals surface area contributed by atoms with E-state index in [9.17, 15) is 9.59 Å². The van der Waals surface area contributed by atoms with Gasteiger partial charge in [0.1, 0.15) is 12.4 Å². The lowest BCUT2D eigenvalue weighted by atomic mass is 10.2. The summed E-state index contributed by atoms with van der Waals surface area (Å²) in [7, 11) is 0. The fraction of sp³-hybridized carbons (Fsp3) is 0.235. The monoisotopic (exact) mass is 362 g/mol. The van der Waals surface area contributed by atoms with Crippen molar-refractivity contribution in [2.75, 3.05) is 11.9 Å². The third-order valence-corrected chi connectivity index (χ3v) is 3.64. The summed E-state index contributed by atoms with van der Waals surface area (Å²) in [6.07, 6.45) is -0.553. The number of esters is 1. The summed E-state index contributed by atoms with van der Waals surface area (Å²) in [6, 6.07) is 10.1. The van der Waals surface area contributed by atoms with Gasteiger partial charge in [0.05, 0.1) is 5.02 Å². The summed E-state index contributed by atoms with van der Waals surface area (Å²) in [5.74, 6) is 0.134. The van der Waals surface area contributed by atoms with Crippen molar-refractivity contribution in [1.29, 1.82) is 0 Å². The Balaban J connectivity index is 1.55. The van der Waals surface area contributed by atoms with E-state index in [2.05, 4.69) is 10.3 Å². The highest BCUT2D eigenvalue weighted by molar-refractivity contribution is 6.30. The van der Waals surface area contributed by atoms with Gasteiger partial charge < -0.3 is 19.5 Å². The van der Waals surface area contributed by atoms with E-state index in [1.165, 1.54) is 13.1 Å². The van der Waals surface area contributed by atoms with E-state index in [0.29, 0.717) is 22.3 Å². The van der Waals surface area contributed by atoms with Crippen molar-refractivity contribution in [2.24, 2.45) is 0 Å². The number of hydrogen-bond donors (Lipinski definition) is 1. The zero-order valence-electron chi connectivity index (χ0n) is 13.3. The maximum absolute atomic E-state index is 12.2. The molecule has 1 aromatic heterocycles. The highest BCUT2D eigenvalue weighted by Crippen LogP contribution is 2.31. The highest BCUT2D eigenvalue weighted by Gasteiger charge is 2.31. The number of anilines is 1. The molecule has 0 unspecified atom stereocenters. The first kappa shape index (κ1) is 17.0. The largest absolute Gasteiger partial charge is 0.485 e. The second kappa shape index (κ2) is 7.40. The number of ether oxygens (including phenoxy) is 3. The molecule has 1 aromatic carbocycles. The van der Waals surface area contributed by atoms with E-state index in [4.69, 9.17) is 25.8 Å². The molecule has 8 heteroatoms. The number of hydrogen-bond acceptors (Lipinski definition) is 6. The molecule has 7 nitrogen and oxygen atoms in total. The van der Waals surface area contributed by atoms with Crippen molar-refractivity contribution in [1.82, 2.24) is 4.98 Å². The lowest BCUT2D eigenvalue weighted by Gasteiger charge is -2.25. The van der Waals surface area contributed by atoms with Crippen molar-refractivity contribution >= 4 is 29.3 Å². The summed E-state index contributed by atoms with van der Waals surface area (Å²) >= 11 is 5.73. The fourth-order valence-electron chi connectivity index (χ4n) is 2.12. The maximum atomic E-state index is 12.2. The van der Waals surface area contributed by atoms with Crippen molar-refractivity contribution in [3.8, 4) is 11.5 Å². The van der Waals surface area contributed by atoms with Gasteiger partial charge in [-0.25, -0.2) is 9.78 Å². The quantitative estimate of drug-likeness (QED) is 0.841. The van der Waals surface area contributed by atoms with Crippen LogP contribution in [0.15, 0.2) is 42.6 Å². The lowest BCUT2D eigenvalue weighted by molar-refractivity contribution is -0.162. The van der Waals surface area contributed by atoms with Crippen LogP contribution in [-0.4, -0.2) is 35.7 Å². The molecule has 0 fully saturated rings. The third kappa shape index (κ3) is 4.19. The van der Waals surface area contributed by atoms with E-state index in [1.807, 2.05) is 0 Å². The minimum Gasteiger partial charge on any atom is -0.485 e. The second-order valence-corrected chi connectivity index (χ2v) is 5.73. The van der Waals surface area contributed by atoms with E-state index in [0.717, 1.165) is 0 Å². The number of nitrogens with one attached hydrogen (secondary N) is 1. The van der Waals surface area contributed by atoms with Crippen LogP contribution >= 0.6 is 11.6 Å². The van der Waals surface area contributed by atoms with Crippen molar-refractivity contribution in [2.45, 2.75) is 19.1 Å². The second-order valence-electron chi connectivity index (χ2n) is 5.29. The maximum Gasteiger partial charge on any atom is 0.351 e. The van der Waals surface area contributed by atoms with Crippen molar-refractivity contribution < 1.29 is 23.8 Å². The Morgan fingerprint density at radius 1 is 1.28 bits per heavy atom. The number of carbonyl (C=O) groups is 2. The first-order valence-electron chi connectivity index (χ1n) is 7.54. The molecule has 0 bridgehead atoms. The first-order valence-corrected chi connectivity index (χ1v) is 7.92. The van der Waals surface area contributed by atoms with Gasteiger partial charge >= 0.3 is 5.97 Å². The predicted molar refractivity (Wildman–Crippen MR) is 89.8 cm³/mol. The van der Waals surface area contributed by atoms with Crippen LogP contribution in [0.3, 0.4) is 0 Å². The molecule has 0 spiro atoms. The summed E-state index contributed by atoms with van der Waals surface area (Å²) in [6.45, 7) is 1.48. The van der Waals surface area contributed by atoms with E-state index in [-0.39, 0.29) is 6.61 Å². The molecule has 2 aromatic rings. The molecule has 130 valence electrons. The molecule has 0 radical (unpaired) electrons. The zero-order valence-corrected chi connectivity index (χ0v) is 14.0. The first-order chi connectivity index (χ1) is 12.0. The number of pyridine rings is 1. The number of fused-ring (bicyclic) bond motifs is 1. The van der Waals surface area contributed by atoms with Gasteiger partial charge in [0.2, 0.25) is 6.10 Å². The average Bonchev–Trinajstić information content (AvgIpc) is 2.63. The molecular weight excluding hydrogens is 348 g/mol. The van der Waals surface area contributed by atoms with Crippen LogP contribution in [0.5, 0.6) is 11.5 Å². The van der Waals surface area contributed by atoms with Gasteiger partial charge in [-0.05, 0) is 31.2 Å². The average molecular weight is 363 g/mol. The van der Waals surface area contributed by atoms with E-state index in [1.54, 1.807) is 36.4 Å². The summed E-state index contributed by atoms with van der Waals surface area (Å²) in [4.78, 5) is 28.2. The van der Waals surface area contributed by atoms with Crippen LogP contribution in [0.4, 0.5) is 5.82 Å². The highest BCUT2D eigenvalue weighted by atomic mass is 35.5. The molecule has 2 heterocycles. The van der Waals surface area contributed by atoms with Gasteiger partial charge in [0, 0.05) is 6.20 Å². The standard InChI is InChI=1S/C17H15ClN2O5/c1-10(16(21)20-15-7-6-11(18)8-19-15)24-17(22)14-9-23-12-4-2-3-5-13(12)25-14/h2-8,10,14H,9H2,1H3,(H,19,20,21)/t10-,14-/m0/s1. The summed E-state index contributed by atoms with van der Waals surface area (Å²) in [5.41, 5.74) is 0. The fourth-order valence-corrected chi connectivity index (χ4v) is 2.23. The van der Waals surface area contributed by atoms with Crippen LogP contribution in [0.25, 0.3) is 0 Å². The van der Waals surface area contributed by atoms with Gasteiger partial charge in [-0.15, -0.1) is 0 Å². The van der Waals surface area contributed by atoms with Gasteiger partial charge in [-0.1, -0.05) is 23.7 Å². The van der Waals surface area contributed by atoms with Crippen LogP contribution in [0, 0.1) is 0 Å². The Hall–Kier alpha value is -2.80. The number of aromatic nitrogens is 1. The number of nitrogens with zero attached hydrogens (tertiary/aromatic N) is 1. The van der Waals surface area contributed by atoms with Crippen molar-refractivity contribution in [3.63, 3.8) is 0 Å². The normalized spacial score (nSPS) is 16.6. The Morgan fingerprint density at radius 3 is 2.76 bits per heavy atom. The molecule has 25 heavy (non-hydrogen) atoms. The van der Waals surface area contributed by atoms with Gasteiger partial charge in [0.15, 0.2) is 17.6 Å². The van der Waals surface area contributed by atoms with Crippen LogP contribution in [0.2, 0.25) is 5.02 Å². The third-order valence-electron chi connectivity index (χ3n) is 3.41. The lowest BCUT2D eigenvalue weighted by Crippen LogP contribution is -2.41. The van der Waals surface area contributed by atoms with Crippen LogP contribution in [0.1, 0.15) is 6.92 Å². The van der Waals surface area contributed by atoms with Crippen molar-refractivity contribution in [3.05, 3.63) is 47.6 Å². The number of halogens is 1. The molecule has 1 N–H and O–H groups in total. The van der Waals surface area contributed by atoms with Gasteiger partial charge in [-0.2, -0.15) is 0 Å². The molecule has 1 aliphatic rings. The van der Waals surface area contributed by atoms with Crippen LogP contribution < -0.4 is 14.8 Å². The molecule has 3 rings (SSSR count). The zero-order chi connectivity index (χ0) is 17.8. The molecule has 1 amide bonds. The predicted octanol–water partition coefficient (Wildman–Crippen LogP) is 2.45. The van der Waals surface area contributed by atoms with E-state index < -0.39 is 24.1 Å². The van der Waals surface area contributed by atoms with Crippen LogP contribution in [-0.2, 0) is 14.3 Å². The Bertz CT molecular complexity index is 781. The molecule has 0 saturated carbocycles. The summed E-state index contributed by atoms with van der Waals surface area (Å²) in [5, 5.41) is 2.99. The SMILES string of the molecule is C[C@H](OC(=O)[C@@H]1COc2ccccc2O1)C(=O)Nc1ccc(Cl)cn1. The number of amides is 1. The van der Waals surface area contributed by atoms with Gasteiger partial charge in [-0.3, -0.25) is 4.79 Å². The van der Waals surface area contributed by atoms with E-state index >= 15 is 0 Å². The minimum atomic E-state index is -1.02. The molecule has 1 aliphatic heterocycles. The molecule has 0 aliphatic carbocycles. The number of carbonyl (C=O) groups excluding carboxylic acids is 2. The Labute approximate surface area is 148 Å². The minimum absolute atomic E-state index is 0.0168. The van der Waals surface area contributed by atoms with Gasteiger partial charge in [0.25, 0.3) is 5.91 Å². The smallest absolute Gasteiger partial charge is 0.351 e.